The first-order chi connectivity index (χ1) is 36.7. The van der Waals surface area contributed by atoms with E-state index in [1.54, 1.807) is 36.2 Å². The summed E-state index contributed by atoms with van der Waals surface area (Å²) in [5.41, 5.74) is 2.81. The molecule has 18 heteroatoms. The van der Waals surface area contributed by atoms with Gasteiger partial charge in [-0.2, -0.15) is 9.97 Å². The summed E-state index contributed by atoms with van der Waals surface area (Å²) in [7, 11) is 1.52. The van der Waals surface area contributed by atoms with E-state index in [1.807, 2.05) is 24.0 Å². The molecule has 0 radical (unpaired) electrons. The maximum Gasteiger partial charge on any atom is 0.319 e. The number of rotatable bonds is 15. The van der Waals surface area contributed by atoms with Crippen LogP contribution in [0.5, 0.6) is 11.8 Å². The minimum atomic E-state index is -0.967. The fourth-order valence-corrected chi connectivity index (χ4v) is 13.2. The highest BCUT2D eigenvalue weighted by atomic mass is 19.1. The highest BCUT2D eigenvalue weighted by molar-refractivity contribution is 6.06. The van der Waals surface area contributed by atoms with Crippen molar-refractivity contribution in [2.24, 2.45) is 10.8 Å². The number of aryl methyl sites for hydroxylation is 1. The van der Waals surface area contributed by atoms with Crippen LogP contribution in [-0.2, 0) is 32.0 Å². The number of amides is 3. The van der Waals surface area contributed by atoms with Crippen LogP contribution < -0.4 is 24.6 Å². The number of aromatic nitrogens is 3. The smallest absolute Gasteiger partial charge is 0.319 e. The average Bonchev–Trinajstić information content (AvgIpc) is 4.14. The predicted octanol–water partition coefficient (Wildman–Crippen LogP) is 7.87. The summed E-state index contributed by atoms with van der Waals surface area (Å²) in [6, 6.07) is 12.0. The molecule has 0 bridgehead atoms. The molecule has 7 heterocycles. The van der Waals surface area contributed by atoms with Gasteiger partial charge in [0.05, 0.1) is 29.8 Å². The highest BCUT2D eigenvalue weighted by Crippen LogP contribution is 2.52. The lowest BCUT2D eigenvalue weighted by Gasteiger charge is -2.53. The molecule has 3 aromatic carbocycles. The van der Waals surface area contributed by atoms with Crippen LogP contribution in [0.4, 0.5) is 20.3 Å². The molecule has 4 saturated heterocycles. The van der Waals surface area contributed by atoms with E-state index in [0.29, 0.717) is 95.3 Å². The number of hydrogen-bond acceptors (Lipinski definition) is 14. The first-order valence-electron chi connectivity index (χ1n) is 27.4. The van der Waals surface area contributed by atoms with Crippen molar-refractivity contribution in [3.63, 3.8) is 0 Å². The number of nitrogens with one attached hydrogen (secondary N) is 1. The van der Waals surface area contributed by atoms with Gasteiger partial charge in [0.1, 0.15) is 34.6 Å². The lowest BCUT2D eigenvalue weighted by atomic mass is 9.61. The summed E-state index contributed by atoms with van der Waals surface area (Å²) in [6.45, 7) is 9.98. The minimum absolute atomic E-state index is 0.00238. The van der Waals surface area contributed by atoms with Gasteiger partial charge in [0.2, 0.25) is 11.8 Å². The number of β-amino-alcohol motifs (C(OH)–C–C–N with tert-alkyl or cyclic N) is 1. The number of fused-ring (bicyclic) bond motifs is 3. The van der Waals surface area contributed by atoms with Crippen molar-refractivity contribution >= 4 is 50.9 Å². The lowest BCUT2D eigenvalue weighted by molar-refractivity contribution is -0.137. The molecule has 1 spiro atoms. The monoisotopic (exact) mass is 1040 g/mol. The molecule has 6 fully saturated rings. The number of methoxy groups -OCH3 is 1. The van der Waals surface area contributed by atoms with Gasteiger partial charge >= 0.3 is 6.01 Å². The fraction of sp³-hybridized carbons (Fsp3) is 0.552. The van der Waals surface area contributed by atoms with E-state index in [0.717, 1.165) is 102 Å². The van der Waals surface area contributed by atoms with E-state index < -0.39 is 23.4 Å². The molecule has 3 amide bonds. The second-order valence-corrected chi connectivity index (χ2v) is 23.2. The number of imide groups is 1. The quantitative estimate of drug-likeness (QED) is 0.0767. The number of aliphatic hydroxyl groups is 1. The summed E-state index contributed by atoms with van der Waals surface area (Å²) >= 11 is 0. The Bertz CT molecular complexity index is 3090. The van der Waals surface area contributed by atoms with Crippen molar-refractivity contribution in [2.45, 2.75) is 128 Å². The molecule has 2 N–H and O–H groups in total. The Morgan fingerprint density at radius 3 is 2.41 bits per heavy atom. The van der Waals surface area contributed by atoms with Gasteiger partial charge in [0, 0.05) is 94.3 Å². The zero-order valence-corrected chi connectivity index (χ0v) is 43.8. The Balaban J connectivity index is 0.669. The van der Waals surface area contributed by atoms with Gasteiger partial charge in [0.25, 0.3) is 5.91 Å². The molecule has 7 aliphatic rings. The highest BCUT2D eigenvalue weighted by Gasteiger charge is 2.49. The number of benzene rings is 3. The van der Waals surface area contributed by atoms with Crippen LogP contribution in [0.2, 0.25) is 0 Å². The number of anilines is 2. The van der Waals surface area contributed by atoms with Crippen LogP contribution in [0.3, 0.4) is 0 Å². The summed E-state index contributed by atoms with van der Waals surface area (Å²) in [4.78, 5) is 60.4. The fourth-order valence-electron chi connectivity index (χ4n) is 13.2. The third kappa shape index (κ3) is 9.83. The molecular formula is C58H68F2N8O8. The molecule has 1 unspecified atom stereocenters. The molecule has 2 aliphatic carbocycles. The van der Waals surface area contributed by atoms with Gasteiger partial charge < -0.3 is 43.7 Å². The molecule has 2 atom stereocenters. The first-order valence-corrected chi connectivity index (χ1v) is 27.4. The Kier molecular flexibility index (Phi) is 13.4. The van der Waals surface area contributed by atoms with Crippen LogP contribution in [-0.4, -0.2) is 138 Å². The number of halogens is 2. The van der Waals surface area contributed by atoms with Gasteiger partial charge in [-0.1, -0.05) is 13.0 Å². The largest absolute Gasteiger partial charge is 0.468 e. The lowest BCUT2D eigenvalue weighted by Crippen LogP contribution is -2.52. The van der Waals surface area contributed by atoms with Crippen LogP contribution in [0.25, 0.3) is 32.9 Å². The van der Waals surface area contributed by atoms with E-state index in [9.17, 15) is 19.5 Å². The number of carbonyl (C=O) groups excluding carboxylic acids is 3. The Morgan fingerprint density at radius 1 is 0.868 bits per heavy atom. The molecule has 76 heavy (non-hydrogen) atoms. The van der Waals surface area contributed by atoms with Gasteiger partial charge in [-0.05, 0) is 148 Å². The van der Waals surface area contributed by atoms with E-state index >= 15 is 8.78 Å². The number of pyridine rings is 1. The molecule has 2 aromatic heterocycles. The number of ether oxygens (including phenoxy) is 4. The zero-order chi connectivity index (χ0) is 52.5. The van der Waals surface area contributed by atoms with Crippen LogP contribution >= 0.6 is 0 Å². The maximum absolute atomic E-state index is 17.4. The number of carbonyl (C=O) groups is 3. The topological polar surface area (TPSA) is 172 Å². The number of piperidine rings is 4. The van der Waals surface area contributed by atoms with Crippen molar-refractivity contribution in [1.82, 2.24) is 30.1 Å². The minimum Gasteiger partial charge on any atom is -0.468 e. The second kappa shape index (κ2) is 20.1. The van der Waals surface area contributed by atoms with Crippen LogP contribution in [0.1, 0.15) is 112 Å². The van der Waals surface area contributed by atoms with E-state index in [-0.39, 0.29) is 65.7 Å². The Morgan fingerprint density at radius 2 is 1.67 bits per heavy atom. The van der Waals surface area contributed by atoms with Gasteiger partial charge in [0.15, 0.2) is 12.6 Å². The first kappa shape index (κ1) is 50.7. The van der Waals surface area contributed by atoms with E-state index in [4.69, 9.17) is 28.9 Å². The van der Waals surface area contributed by atoms with Crippen LogP contribution in [0, 0.1) is 22.5 Å². The number of likely N-dealkylation sites (tertiary alicyclic amines) is 1. The normalized spacial score (nSPS) is 23.8. The Hall–Kier alpha value is -6.08. The second-order valence-electron chi connectivity index (χ2n) is 23.2. The maximum atomic E-state index is 17.4. The predicted molar refractivity (Wildman–Crippen MR) is 281 cm³/mol. The Labute approximate surface area is 441 Å². The molecule has 5 aromatic rings. The molecule has 2 saturated carbocycles. The molecule has 5 aliphatic heterocycles. The molecule has 402 valence electrons. The SMILES string of the molecule is CCc1c(F)ccc2cc(OCOC)cc(-c3ncc4c(N5CCC[C@@](C)(O)C5)nc(OCC5(CN6CCC(OC7CC8(CCN(c9ccc%10c(c9)CN(C9CCC(=O)NC9=O)C%10=O)CC8)C7)CC6)CC5)nc4c3F)c12. The van der Waals surface area contributed by atoms with Crippen molar-refractivity contribution in [1.29, 1.82) is 0 Å². The number of nitrogens with zero attached hydrogens (tertiary/aromatic N) is 7. The molecule has 16 nitrogen and oxygen atoms in total. The van der Waals surface area contributed by atoms with Crippen molar-refractivity contribution in [2.75, 3.05) is 76.1 Å². The summed E-state index contributed by atoms with van der Waals surface area (Å²) in [6.07, 6.45) is 12.8. The number of hydrogen-bond donors (Lipinski definition) is 2. The molecular weight excluding hydrogens is 975 g/mol. The summed E-state index contributed by atoms with van der Waals surface area (Å²) in [5, 5.41) is 15.2. The summed E-state index contributed by atoms with van der Waals surface area (Å²) in [5.74, 6) is -1.02. The van der Waals surface area contributed by atoms with Crippen molar-refractivity contribution in [3.05, 3.63) is 77.0 Å². The average molecular weight is 1040 g/mol. The third-order valence-corrected chi connectivity index (χ3v) is 17.7. The standard InChI is InChI=1S/C58H68F2N8O8/c1-4-41-45(59)9-6-35-25-39(75-34-73-3)26-43(48(35)41)50-49(60)51-44(29-61-50)52(67-19-5-14-56(2,72)31-67)64-55(63-51)74-33-58(15-16-58)32-65-20-12-38(13-21-65)76-40-27-57(28-40)17-22-66(23-18-57)37-7-8-42-36(24-37)30-68(54(42)71)46-10-11-47(69)62-53(46)70/h6-9,24-26,29,38,40,46,72H,4-5,10-23,27-28,30-34H2,1-3H3,(H,62,69,70)/t46?,56-/m1/s1. The summed E-state index contributed by atoms with van der Waals surface area (Å²) < 4.78 is 57.1. The third-order valence-electron chi connectivity index (χ3n) is 17.7. The van der Waals surface area contributed by atoms with Gasteiger partial charge in [-0.3, -0.25) is 24.7 Å². The zero-order valence-electron chi connectivity index (χ0n) is 43.8. The molecule has 12 rings (SSSR count). The van der Waals surface area contributed by atoms with Crippen molar-refractivity contribution in [3.8, 4) is 23.0 Å². The van der Waals surface area contributed by atoms with E-state index in [2.05, 4.69) is 26.2 Å². The van der Waals surface area contributed by atoms with Gasteiger partial charge in [-0.25, -0.2) is 8.78 Å². The van der Waals surface area contributed by atoms with Crippen LogP contribution in [0.15, 0.2) is 48.7 Å². The van der Waals surface area contributed by atoms with Crippen molar-refractivity contribution < 1.29 is 47.2 Å². The van der Waals surface area contributed by atoms with E-state index in [1.165, 1.54) is 13.2 Å². The van der Waals surface area contributed by atoms with Gasteiger partial charge in [-0.15, -0.1) is 0 Å².